The minimum atomic E-state index is -0.291. The second-order valence-corrected chi connectivity index (χ2v) is 5.84. The van der Waals surface area contributed by atoms with Crippen LogP contribution in [0.2, 0.25) is 0 Å². The molecule has 0 bridgehead atoms. The third-order valence-corrected chi connectivity index (χ3v) is 4.29. The maximum atomic E-state index is 12.6. The third kappa shape index (κ3) is 4.03. The van der Waals surface area contributed by atoms with Gasteiger partial charge in [0.2, 0.25) is 5.91 Å². The van der Waals surface area contributed by atoms with Crippen LogP contribution in [0, 0.1) is 0 Å². The van der Waals surface area contributed by atoms with E-state index in [-0.39, 0.29) is 11.9 Å². The lowest BCUT2D eigenvalue weighted by Crippen LogP contribution is -2.55. The Bertz CT molecular complexity index is 718. The van der Waals surface area contributed by atoms with E-state index in [1.165, 1.54) is 0 Å². The number of amides is 1. The van der Waals surface area contributed by atoms with Gasteiger partial charge in [-0.25, -0.2) is 0 Å². The summed E-state index contributed by atoms with van der Waals surface area (Å²) in [4.78, 5) is 14.8. The van der Waals surface area contributed by atoms with Crippen LogP contribution in [0.3, 0.4) is 0 Å². The summed E-state index contributed by atoms with van der Waals surface area (Å²) in [5.74, 6) is 1.41. The predicted octanol–water partition coefficient (Wildman–Crippen LogP) is 2.12. The van der Waals surface area contributed by atoms with Gasteiger partial charge in [0.25, 0.3) is 0 Å². The van der Waals surface area contributed by atoms with Gasteiger partial charge in [0.1, 0.15) is 17.5 Å². The summed E-state index contributed by atoms with van der Waals surface area (Å²) in [7, 11) is 3.24. The van der Waals surface area contributed by atoms with Crippen LogP contribution in [0.15, 0.2) is 48.5 Å². The fraction of sp³-hybridized carbons (Fsp3) is 0.316. The highest BCUT2D eigenvalue weighted by molar-refractivity contribution is 5.96. The monoisotopic (exact) mass is 341 g/mol. The first-order valence-corrected chi connectivity index (χ1v) is 8.27. The first-order chi connectivity index (χ1) is 12.2. The van der Waals surface area contributed by atoms with E-state index in [1.807, 2.05) is 48.5 Å². The van der Waals surface area contributed by atoms with Gasteiger partial charge in [-0.15, -0.1) is 0 Å². The number of nitrogens with zero attached hydrogens (tertiary/aromatic N) is 1. The Balaban J connectivity index is 1.66. The number of ether oxygens (including phenoxy) is 2. The molecule has 1 aliphatic heterocycles. The molecular weight excluding hydrogens is 318 g/mol. The molecule has 1 heterocycles. The lowest BCUT2D eigenvalue weighted by molar-refractivity contribution is -0.118. The molecule has 6 nitrogen and oxygen atoms in total. The van der Waals surface area contributed by atoms with Crippen LogP contribution in [0.1, 0.15) is 0 Å². The van der Waals surface area contributed by atoms with Gasteiger partial charge < -0.3 is 25.0 Å². The molecule has 0 aromatic heterocycles. The fourth-order valence-corrected chi connectivity index (χ4v) is 2.92. The fourth-order valence-electron chi connectivity index (χ4n) is 2.92. The lowest BCUT2D eigenvalue weighted by atomic mass is 10.1. The standard InChI is InChI=1S/C19H23N3O3/c1-24-15-9-7-14(8-10-15)22-12-11-20-17(13-22)19(23)21-16-5-3-4-6-18(16)25-2/h3-10,17,20H,11-13H2,1-2H3,(H,21,23)/t17-/m0/s1. The number of para-hydroxylation sites is 2. The Labute approximate surface area is 147 Å². The number of carbonyl (C=O) groups excluding carboxylic acids is 1. The largest absolute Gasteiger partial charge is 0.497 e. The number of piperazine rings is 1. The van der Waals surface area contributed by atoms with Crippen molar-refractivity contribution in [3.63, 3.8) is 0 Å². The first kappa shape index (κ1) is 17.1. The summed E-state index contributed by atoms with van der Waals surface area (Å²) < 4.78 is 10.5. The van der Waals surface area contributed by atoms with E-state index < -0.39 is 0 Å². The van der Waals surface area contributed by atoms with Crippen molar-refractivity contribution in [2.45, 2.75) is 6.04 Å². The van der Waals surface area contributed by atoms with Crippen molar-refractivity contribution in [3.8, 4) is 11.5 Å². The SMILES string of the molecule is COc1ccc(N2CCN[C@H](C(=O)Nc3ccccc3OC)C2)cc1. The molecule has 0 spiro atoms. The Morgan fingerprint density at radius 2 is 1.88 bits per heavy atom. The molecule has 1 amide bonds. The van der Waals surface area contributed by atoms with Crippen molar-refractivity contribution in [2.24, 2.45) is 0 Å². The molecule has 2 N–H and O–H groups in total. The Morgan fingerprint density at radius 3 is 2.60 bits per heavy atom. The molecule has 1 fully saturated rings. The van der Waals surface area contributed by atoms with E-state index in [0.29, 0.717) is 18.0 Å². The van der Waals surface area contributed by atoms with Gasteiger partial charge in [0, 0.05) is 25.3 Å². The van der Waals surface area contributed by atoms with Gasteiger partial charge >= 0.3 is 0 Å². The van der Waals surface area contributed by atoms with E-state index in [4.69, 9.17) is 9.47 Å². The van der Waals surface area contributed by atoms with E-state index in [2.05, 4.69) is 15.5 Å². The molecule has 6 heteroatoms. The quantitative estimate of drug-likeness (QED) is 0.872. The maximum absolute atomic E-state index is 12.6. The average molecular weight is 341 g/mol. The Morgan fingerprint density at radius 1 is 1.12 bits per heavy atom. The van der Waals surface area contributed by atoms with E-state index in [0.717, 1.165) is 24.5 Å². The third-order valence-electron chi connectivity index (χ3n) is 4.29. The maximum Gasteiger partial charge on any atom is 0.243 e. The zero-order chi connectivity index (χ0) is 17.6. The number of anilines is 2. The highest BCUT2D eigenvalue weighted by atomic mass is 16.5. The van der Waals surface area contributed by atoms with Crippen molar-refractivity contribution < 1.29 is 14.3 Å². The number of hydrogen-bond acceptors (Lipinski definition) is 5. The van der Waals surface area contributed by atoms with Crippen LogP contribution in [0.5, 0.6) is 11.5 Å². The summed E-state index contributed by atoms with van der Waals surface area (Å²) in [6, 6.07) is 15.0. The number of methoxy groups -OCH3 is 2. The normalized spacial score (nSPS) is 17.0. The van der Waals surface area contributed by atoms with Crippen molar-refractivity contribution in [1.29, 1.82) is 0 Å². The average Bonchev–Trinajstić information content (AvgIpc) is 2.68. The van der Waals surface area contributed by atoms with Gasteiger partial charge in [-0.3, -0.25) is 4.79 Å². The van der Waals surface area contributed by atoms with E-state index in [9.17, 15) is 4.79 Å². The van der Waals surface area contributed by atoms with E-state index in [1.54, 1.807) is 14.2 Å². The minimum Gasteiger partial charge on any atom is -0.497 e. The van der Waals surface area contributed by atoms with E-state index >= 15 is 0 Å². The topological polar surface area (TPSA) is 62.8 Å². The van der Waals surface area contributed by atoms with Gasteiger partial charge in [-0.1, -0.05) is 12.1 Å². The van der Waals surface area contributed by atoms with Gasteiger partial charge in [0.15, 0.2) is 0 Å². The summed E-state index contributed by atoms with van der Waals surface area (Å²) in [5, 5.41) is 6.23. The molecule has 2 aromatic carbocycles. The van der Waals surface area contributed by atoms with Crippen molar-refractivity contribution in [3.05, 3.63) is 48.5 Å². The lowest BCUT2D eigenvalue weighted by Gasteiger charge is -2.34. The van der Waals surface area contributed by atoms with Crippen molar-refractivity contribution in [1.82, 2.24) is 5.32 Å². The van der Waals surface area contributed by atoms with Crippen LogP contribution in [-0.2, 0) is 4.79 Å². The zero-order valence-electron chi connectivity index (χ0n) is 14.5. The van der Waals surface area contributed by atoms with Crippen LogP contribution < -0.4 is 25.0 Å². The van der Waals surface area contributed by atoms with Crippen LogP contribution in [0.4, 0.5) is 11.4 Å². The Hall–Kier alpha value is -2.73. The number of hydrogen-bond donors (Lipinski definition) is 2. The highest BCUT2D eigenvalue weighted by Crippen LogP contribution is 2.24. The number of nitrogens with one attached hydrogen (secondary N) is 2. The number of benzene rings is 2. The molecule has 2 aromatic rings. The Kier molecular flexibility index (Phi) is 5.40. The molecular formula is C19H23N3O3. The van der Waals surface area contributed by atoms with Gasteiger partial charge in [-0.2, -0.15) is 0 Å². The highest BCUT2D eigenvalue weighted by Gasteiger charge is 2.26. The van der Waals surface area contributed by atoms with Crippen LogP contribution in [0.25, 0.3) is 0 Å². The number of carbonyl (C=O) groups is 1. The zero-order valence-corrected chi connectivity index (χ0v) is 14.5. The van der Waals surface area contributed by atoms with Crippen molar-refractivity contribution >= 4 is 17.3 Å². The summed E-state index contributed by atoms with van der Waals surface area (Å²) in [5.41, 5.74) is 1.76. The summed E-state index contributed by atoms with van der Waals surface area (Å²) in [6.07, 6.45) is 0. The molecule has 0 aliphatic carbocycles. The molecule has 25 heavy (non-hydrogen) atoms. The molecule has 132 valence electrons. The van der Waals surface area contributed by atoms with Gasteiger partial charge in [0.05, 0.1) is 19.9 Å². The smallest absolute Gasteiger partial charge is 0.243 e. The second-order valence-electron chi connectivity index (χ2n) is 5.84. The van der Waals surface area contributed by atoms with Crippen LogP contribution >= 0.6 is 0 Å². The molecule has 0 saturated carbocycles. The first-order valence-electron chi connectivity index (χ1n) is 8.27. The minimum absolute atomic E-state index is 0.0669. The molecule has 1 atom stereocenters. The molecule has 3 rings (SSSR count). The van der Waals surface area contributed by atoms with Gasteiger partial charge in [-0.05, 0) is 36.4 Å². The molecule has 1 aliphatic rings. The number of rotatable bonds is 5. The van der Waals surface area contributed by atoms with Crippen molar-refractivity contribution in [2.75, 3.05) is 44.1 Å². The summed E-state index contributed by atoms with van der Waals surface area (Å²) in [6.45, 7) is 2.20. The molecule has 0 radical (unpaired) electrons. The van der Waals surface area contributed by atoms with Crippen LogP contribution in [-0.4, -0.2) is 45.8 Å². The summed E-state index contributed by atoms with van der Waals surface area (Å²) >= 11 is 0. The second kappa shape index (κ2) is 7.90. The predicted molar refractivity (Wildman–Crippen MR) is 98.6 cm³/mol. The molecule has 0 unspecified atom stereocenters. The molecule has 1 saturated heterocycles.